The fourth-order valence-corrected chi connectivity index (χ4v) is 1.56. The van der Waals surface area contributed by atoms with Crippen LogP contribution in [0.5, 0.6) is 11.5 Å². The molecule has 0 spiro atoms. The molecule has 0 aliphatic carbocycles. The van der Waals surface area contributed by atoms with Gasteiger partial charge in [-0.15, -0.1) is 0 Å². The van der Waals surface area contributed by atoms with Crippen molar-refractivity contribution in [2.24, 2.45) is 0 Å². The third kappa shape index (κ3) is 3.85. The molecule has 2 N–H and O–H groups in total. The first kappa shape index (κ1) is 14.6. The van der Waals surface area contributed by atoms with E-state index in [0.717, 1.165) is 0 Å². The molecular formula is C13H14N2O6. The van der Waals surface area contributed by atoms with Crippen molar-refractivity contribution < 1.29 is 28.6 Å². The molecule has 1 heterocycles. The Hall–Kier alpha value is -2.77. The number of carbonyl (C=O) groups is 3. The summed E-state index contributed by atoms with van der Waals surface area (Å²) < 4.78 is 14.9. The highest BCUT2D eigenvalue weighted by Gasteiger charge is 2.16. The van der Waals surface area contributed by atoms with Crippen molar-refractivity contribution in [1.29, 1.82) is 0 Å². The highest BCUT2D eigenvalue weighted by molar-refractivity contribution is 5.96. The SMILES string of the molecule is CNC(=O)COC(=O)CNC(=O)c1ccc2c(c1)OCO2. The number of hydrogen-bond acceptors (Lipinski definition) is 6. The molecule has 8 nitrogen and oxygen atoms in total. The smallest absolute Gasteiger partial charge is 0.325 e. The number of hydrogen-bond donors (Lipinski definition) is 2. The number of esters is 1. The van der Waals surface area contributed by atoms with Gasteiger partial charge in [-0.3, -0.25) is 14.4 Å². The van der Waals surface area contributed by atoms with Crippen LogP contribution in [-0.2, 0) is 14.3 Å². The molecule has 0 fully saturated rings. The third-order valence-corrected chi connectivity index (χ3v) is 2.67. The number of carbonyl (C=O) groups excluding carboxylic acids is 3. The molecule has 0 saturated heterocycles. The summed E-state index contributed by atoms with van der Waals surface area (Å²) in [5, 5.41) is 4.70. The van der Waals surface area contributed by atoms with Crippen LogP contribution in [0.15, 0.2) is 18.2 Å². The molecule has 0 unspecified atom stereocenters. The minimum Gasteiger partial charge on any atom is -0.454 e. The Labute approximate surface area is 120 Å². The van der Waals surface area contributed by atoms with Gasteiger partial charge in [-0.05, 0) is 18.2 Å². The van der Waals surface area contributed by atoms with Crippen LogP contribution < -0.4 is 20.1 Å². The first-order chi connectivity index (χ1) is 10.1. The van der Waals surface area contributed by atoms with Crippen molar-refractivity contribution in [3.8, 4) is 11.5 Å². The van der Waals surface area contributed by atoms with E-state index in [1.165, 1.54) is 13.1 Å². The molecule has 0 atom stereocenters. The monoisotopic (exact) mass is 294 g/mol. The van der Waals surface area contributed by atoms with Crippen LogP contribution >= 0.6 is 0 Å². The Bertz CT molecular complexity index is 572. The zero-order valence-corrected chi connectivity index (χ0v) is 11.3. The lowest BCUT2D eigenvalue weighted by Crippen LogP contribution is -2.33. The van der Waals surface area contributed by atoms with Gasteiger partial charge in [-0.25, -0.2) is 0 Å². The molecule has 112 valence electrons. The van der Waals surface area contributed by atoms with Crippen molar-refractivity contribution in [2.45, 2.75) is 0 Å². The van der Waals surface area contributed by atoms with E-state index in [1.54, 1.807) is 12.1 Å². The van der Waals surface area contributed by atoms with Crippen molar-refractivity contribution in [1.82, 2.24) is 10.6 Å². The van der Waals surface area contributed by atoms with Crippen LogP contribution in [-0.4, -0.2) is 44.8 Å². The van der Waals surface area contributed by atoms with Crippen LogP contribution in [0, 0.1) is 0 Å². The van der Waals surface area contributed by atoms with Crippen LogP contribution in [0.4, 0.5) is 0 Å². The van der Waals surface area contributed by atoms with Crippen molar-refractivity contribution in [3.63, 3.8) is 0 Å². The number of ether oxygens (including phenoxy) is 3. The van der Waals surface area contributed by atoms with Gasteiger partial charge in [0.25, 0.3) is 11.8 Å². The summed E-state index contributed by atoms with van der Waals surface area (Å²) in [6, 6.07) is 4.69. The van der Waals surface area contributed by atoms with Crippen molar-refractivity contribution in [3.05, 3.63) is 23.8 Å². The van der Waals surface area contributed by atoms with Gasteiger partial charge in [-0.2, -0.15) is 0 Å². The molecule has 2 amide bonds. The predicted octanol–water partition coefficient (Wildman–Crippen LogP) is -0.566. The molecule has 1 aromatic carbocycles. The minimum atomic E-state index is -0.701. The van der Waals surface area contributed by atoms with E-state index in [4.69, 9.17) is 9.47 Å². The average molecular weight is 294 g/mol. The second-order valence-electron chi connectivity index (χ2n) is 4.08. The van der Waals surface area contributed by atoms with Crippen molar-refractivity contribution >= 4 is 17.8 Å². The molecule has 0 saturated carbocycles. The molecule has 0 bridgehead atoms. The zero-order chi connectivity index (χ0) is 15.2. The van der Waals surface area contributed by atoms with E-state index >= 15 is 0 Å². The maximum absolute atomic E-state index is 11.8. The van der Waals surface area contributed by atoms with Crippen LogP contribution in [0.3, 0.4) is 0 Å². The van der Waals surface area contributed by atoms with Gasteiger partial charge in [0.2, 0.25) is 6.79 Å². The number of amides is 2. The molecule has 0 radical (unpaired) electrons. The van der Waals surface area contributed by atoms with Gasteiger partial charge in [0.1, 0.15) is 6.54 Å². The highest BCUT2D eigenvalue weighted by atomic mass is 16.7. The Morgan fingerprint density at radius 2 is 2.00 bits per heavy atom. The summed E-state index contributed by atoms with van der Waals surface area (Å²) in [5.74, 6) is -0.537. The molecule has 1 aliphatic heterocycles. The second kappa shape index (κ2) is 6.60. The van der Waals surface area contributed by atoms with E-state index in [0.29, 0.717) is 17.1 Å². The quantitative estimate of drug-likeness (QED) is 0.705. The molecule has 8 heteroatoms. The number of benzene rings is 1. The highest BCUT2D eigenvalue weighted by Crippen LogP contribution is 2.32. The number of nitrogens with one attached hydrogen (secondary N) is 2. The van der Waals surface area contributed by atoms with Gasteiger partial charge in [0.15, 0.2) is 18.1 Å². The number of fused-ring (bicyclic) bond motifs is 1. The van der Waals surface area contributed by atoms with Crippen LogP contribution in [0.25, 0.3) is 0 Å². The van der Waals surface area contributed by atoms with E-state index in [9.17, 15) is 14.4 Å². The molecular weight excluding hydrogens is 280 g/mol. The van der Waals surface area contributed by atoms with E-state index < -0.39 is 17.8 Å². The average Bonchev–Trinajstić information content (AvgIpc) is 2.97. The first-order valence-corrected chi connectivity index (χ1v) is 6.14. The maximum atomic E-state index is 11.8. The van der Waals surface area contributed by atoms with Gasteiger partial charge in [0, 0.05) is 12.6 Å². The summed E-state index contributed by atoms with van der Waals surface area (Å²) in [5.41, 5.74) is 0.332. The lowest BCUT2D eigenvalue weighted by atomic mass is 10.2. The first-order valence-electron chi connectivity index (χ1n) is 6.14. The lowest BCUT2D eigenvalue weighted by Gasteiger charge is -2.06. The summed E-state index contributed by atoms with van der Waals surface area (Å²) in [6.07, 6.45) is 0. The van der Waals surface area contributed by atoms with Crippen molar-refractivity contribution in [2.75, 3.05) is 27.0 Å². The Morgan fingerprint density at radius 3 is 2.76 bits per heavy atom. The minimum absolute atomic E-state index is 0.117. The Kier molecular flexibility index (Phi) is 4.60. The Morgan fingerprint density at radius 1 is 1.24 bits per heavy atom. The summed E-state index contributed by atoms with van der Waals surface area (Å²) >= 11 is 0. The molecule has 2 rings (SSSR count). The largest absolute Gasteiger partial charge is 0.454 e. The van der Waals surface area contributed by atoms with Gasteiger partial charge in [-0.1, -0.05) is 0 Å². The fraction of sp³-hybridized carbons (Fsp3) is 0.308. The lowest BCUT2D eigenvalue weighted by molar-refractivity contribution is -0.147. The van der Waals surface area contributed by atoms with E-state index in [1.807, 2.05) is 0 Å². The van der Waals surface area contributed by atoms with Gasteiger partial charge >= 0.3 is 5.97 Å². The molecule has 1 aromatic rings. The van der Waals surface area contributed by atoms with E-state index in [-0.39, 0.29) is 19.9 Å². The molecule has 21 heavy (non-hydrogen) atoms. The van der Waals surface area contributed by atoms with Gasteiger partial charge < -0.3 is 24.8 Å². The summed E-state index contributed by atoms with van der Waals surface area (Å²) in [7, 11) is 1.43. The normalized spacial score (nSPS) is 11.7. The third-order valence-electron chi connectivity index (χ3n) is 2.67. The van der Waals surface area contributed by atoms with Crippen LogP contribution in [0.1, 0.15) is 10.4 Å². The topological polar surface area (TPSA) is 103 Å². The maximum Gasteiger partial charge on any atom is 0.325 e. The van der Waals surface area contributed by atoms with E-state index in [2.05, 4.69) is 15.4 Å². The molecule has 1 aliphatic rings. The predicted molar refractivity (Wildman–Crippen MR) is 69.9 cm³/mol. The second-order valence-corrected chi connectivity index (χ2v) is 4.08. The van der Waals surface area contributed by atoms with Crippen LogP contribution in [0.2, 0.25) is 0 Å². The fourth-order valence-electron chi connectivity index (χ4n) is 1.56. The van der Waals surface area contributed by atoms with Gasteiger partial charge in [0.05, 0.1) is 0 Å². The summed E-state index contributed by atoms with van der Waals surface area (Å²) in [6.45, 7) is -0.592. The molecule has 0 aromatic heterocycles. The summed E-state index contributed by atoms with van der Waals surface area (Å²) in [4.78, 5) is 34.1. The number of likely N-dealkylation sites (N-methyl/N-ethyl adjacent to an activating group) is 1. The standard InChI is InChI=1S/C13H14N2O6/c1-14-11(16)6-19-12(17)5-15-13(18)8-2-3-9-10(4-8)21-7-20-9/h2-4H,5-7H2,1H3,(H,14,16)(H,15,18). The number of rotatable bonds is 5. The zero-order valence-electron chi connectivity index (χ0n) is 11.3. The Balaban J connectivity index is 1.82.